The van der Waals surface area contributed by atoms with E-state index < -0.39 is 17.4 Å². The molecule has 8 nitrogen and oxygen atoms in total. The Morgan fingerprint density at radius 3 is 2.59 bits per heavy atom. The fourth-order valence-electron chi connectivity index (χ4n) is 5.61. The van der Waals surface area contributed by atoms with E-state index in [1.54, 1.807) is 22.6 Å². The second-order valence-electron chi connectivity index (χ2n) is 11.7. The van der Waals surface area contributed by atoms with Crippen LogP contribution in [0.5, 0.6) is 0 Å². The average Bonchev–Trinajstić information content (AvgIpc) is 3.54. The zero-order valence-electron chi connectivity index (χ0n) is 23.0. The lowest BCUT2D eigenvalue weighted by Gasteiger charge is -2.31. The van der Waals surface area contributed by atoms with Crippen molar-refractivity contribution >= 4 is 34.0 Å². The van der Waals surface area contributed by atoms with Gasteiger partial charge in [-0.25, -0.2) is 19.0 Å². The molecule has 1 aliphatic carbocycles. The minimum atomic E-state index is -0.599. The van der Waals surface area contributed by atoms with Gasteiger partial charge in [-0.2, -0.15) is 0 Å². The number of rotatable bonds is 4. The van der Waals surface area contributed by atoms with Crippen LogP contribution in [0, 0.1) is 11.7 Å². The van der Waals surface area contributed by atoms with E-state index in [2.05, 4.69) is 22.8 Å². The van der Waals surface area contributed by atoms with E-state index in [4.69, 9.17) is 14.5 Å². The summed E-state index contributed by atoms with van der Waals surface area (Å²) in [5, 5.41) is 1.10. The molecule has 2 aliphatic rings. The monoisotopic (exact) mass is 532 g/mol. The summed E-state index contributed by atoms with van der Waals surface area (Å²) in [5.41, 5.74) is 4.75. The van der Waals surface area contributed by atoms with Gasteiger partial charge in [-0.3, -0.25) is 0 Å². The largest absolute Gasteiger partial charge is 0.465 e. The Morgan fingerprint density at radius 1 is 1.13 bits per heavy atom. The number of nitrogens with zero attached hydrogens (tertiary/aromatic N) is 4. The van der Waals surface area contributed by atoms with Crippen molar-refractivity contribution in [2.45, 2.75) is 58.7 Å². The molecule has 39 heavy (non-hydrogen) atoms. The molecule has 204 valence electrons. The second kappa shape index (κ2) is 9.10. The molecule has 9 heteroatoms. The molecule has 1 aliphatic heterocycles. The van der Waals surface area contributed by atoms with Gasteiger partial charge in [0, 0.05) is 32.1 Å². The van der Waals surface area contributed by atoms with E-state index >= 15 is 4.39 Å². The molecule has 6 rings (SSSR count). The molecule has 0 N–H and O–H groups in total. The van der Waals surface area contributed by atoms with Gasteiger partial charge in [0.2, 0.25) is 0 Å². The van der Waals surface area contributed by atoms with Gasteiger partial charge in [-0.1, -0.05) is 12.1 Å². The number of amides is 1. The Labute approximate surface area is 226 Å². The molecule has 1 amide bonds. The number of imidazole rings is 1. The zero-order chi connectivity index (χ0) is 27.6. The Morgan fingerprint density at radius 2 is 1.90 bits per heavy atom. The third-order valence-electron chi connectivity index (χ3n) is 7.62. The first-order valence-corrected chi connectivity index (χ1v) is 13.4. The maximum atomic E-state index is 15.2. The summed E-state index contributed by atoms with van der Waals surface area (Å²) in [5.74, 6) is 0.119. The lowest BCUT2D eigenvalue weighted by molar-refractivity contribution is 0.0224. The van der Waals surface area contributed by atoms with Gasteiger partial charge in [-0.05, 0) is 75.3 Å². The number of carbonyl (C=O) groups is 2. The third kappa shape index (κ3) is 4.53. The van der Waals surface area contributed by atoms with Gasteiger partial charge >= 0.3 is 12.1 Å². The number of aryl methyl sites for hydroxylation is 1. The van der Waals surface area contributed by atoms with E-state index in [-0.39, 0.29) is 11.7 Å². The molecular formula is C30H33FN4O4. The fraction of sp³-hybridized carbons (Fsp3) is 0.433. The molecular weight excluding hydrogens is 499 g/mol. The number of carbonyl (C=O) groups excluding carboxylic acids is 2. The minimum absolute atomic E-state index is 0.134. The molecule has 0 spiro atoms. The molecule has 0 unspecified atom stereocenters. The van der Waals surface area contributed by atoms with Crippen molar-refractivity contribution in [1.29, 1.82) is 0 Å². The number of ether oxygens (including phenoxy) is 2. The number of fused-ring (bicyclic) bond motifs is 4. The van der Waals surface area contributed by atoms with E-state index in [1.165, 1.54) is 31.6 Å². The molecule has 2 aromatic heterocycles. The highest BCUT2D eigenvalue weighted by Crippen LogP contribution is 2.39. The van der Waals surface area contributed by atoms with Crippen LogP contribution in [0.2, 0.25) is 0 Å². The Kier molecular flexibility index (Phi) is 5.93. The van der Waals surface area contributed by atoms with E-state index in [1.807, 2.05) is 20.8 Å². The third-order valence-corrected chi connectivity index (χ3v) is 7.62. The number of esters is 1. The number of hydrogen-bond donors (Lipinski definition) is 0. The van der Waals surface area contributed by atoms with E-state index in [0.29, 0.717) is 35.9 Å². The normalized spacial score (nSPS) is 15.6. The maximum absolute atomic E-state index is 15.2. The van der Waals surface area contributed by atoms with Gasteiger partial charge < -0.3 is 23.5 Å². The standard InChI is InChI=1S/C30H33FN4O4/c1-30(2,3)39-29(37)34-11-10-21-19(16-34)9-8-18-14-24(35(25(18)21)15-17-6-7-17)27-32-23-13-20(28(36)38-5)12-22(31)26(23)33(27)4/h8-9,12-14,17H,6-7,10-11,15-16H2,1-5H3. The Bertz CT molecular complexity index is 1640. The predicted molar refractivity (Wildman–Crippen MR) is 146 cm³/mol. The van der Waals surface area contributed by atoms with Crippen LogP contribution in [0.15, 0.2) is 30.3 Å². The van der Waals surface area contributed by atoms with E-state index in [9.17, 15) is 9.59 Å². The van der Waals surface area contributed by atoms with Gasteiger partial charge in [0.15, 0.2) is 5.82 Å². The number of halogens is 1. The van der Waals surface area contributed by atoms with Crippen LogP contribution in [-0.4, -0.2) is 50.3 Å². The highest BCUT2D eigenvalue weighted by atomic mass is 19.1. The van der Waals surface area contributed by atoms with Crippen LogP contribution in [0.1, 0.15) is 55.1 Å². The Hall–Kier alpha value is -3.88. The first-order valence-electron chi connectivity index (χ1n) is 13.4. The summed E-state index contributed by atoms with van der Waals surface area (Å²) < 4.78 is 29.7. The quantitative estimate of drug-likeness (QED) is 0.309. The average molecular weight is 533 g/mol. The summed E-state index contributed by atoms with van der Waals surface area (Å²) in [6.07, 6.45) is 2.79. The minimum Gasteiger partial charge on any atom is -0.465 e. The van der Waals surface area contributed by atoms with Crippen molar-refractivity contribution in [3.8, 4) is 11.5 Å². The fourth-order valence-corrected chi connectivity index (χ4v) is 5.61. The van der Waals surface area contributed by atoms with Gasteiger partial charge in [-0.15, -0.1) is 0 Å². The second-order valence-corrected chi connectivity index (χ2v) is 11.7. The summed E-state index contributed by atoms with van der Waals surface area (Å²) in [7, 11) is 3.08. The predicted octanol–water partition coefficient (Wildman–Crippen LogP) is 5.82. The summed E-state index contributed by atoms with van der Waals surface area (Å²) in [6, 6.07) is 9.09. The molecule has 0 radical (unpaired) electrons. The van der Waals surface area contributed by atoms with Crippen molar-refractivity contribution in [3.05, 3.63) is 52.8 Å². The molecule has 2 aromatic carbocycles. The van der Waals surface area contributed by atoms with Crippen molar-refractivity contribution in [3.63, 3.8) is 0 Å². The summed E-state index contributed by atoms with van der Waals surface area (Å²) in [6.45, 7) is 7.56. The van der Waals surface area contributed by atoms with Crippen LogP contribution >= 0.6 is 0 Å². The highest BCUT2D eigenvalue weighted by molar-refractivity contribution is 5.95. The molecule has 1 fully saturated rings. The number of methoxy groups -OCH3 is 1. The molecule has 4 aromatic rings. The number of aromatic nitrogens is 3. The number of hydrogen-bond acceptors (Lipinski definition) is 5. The Balaban J connectivity index is 1.46. The highest BCUT2D eigenvalue weighted by Gasteiger charge is 2.30. The van der Waals surface area contributed by atoms with Gasteiger partial charge in [0.1, 0.15) is 16.9 Å². The lowest BCUT2D eigenvalue weighted by atomic mass is 9.97. The topological polar surface area (TPSA) is 78.6 Å². The smallest absolute Gasteiger partial charge is 0.410 e. The van der Waals surface area contributed by atoms with Gasteiger partial charge in [0.05, 0.1) is 29.4 Å². The van der Waals surface area contributed by atoms with Crippen LogP contribution in [0.25, 0.3) is 33.5 Å². The first-order chi connectivity index (χ1) is 18.5. The molecule has 0 bridgehead atoms. The van der Waals surface area contributed by atoms with Crippen molar-refractivity contribution in [1.82, 2.24) is 19.0 Å². The molecule has 3 heterocycles. The van der Waals surface area contributed by atoms with Crippen LogP contribution in [0.4, 0.5) is 9.18 Å². The number of benzene rings is 2. The zero-order valence-corrected chi connectivity index (χ0v) is 23.0. The molecule has 1 saturated carbocycles. The van der Waals surface area contributed by atoms with Crippen molar-refractivity contribution in [2.75, 3.05) is 13.7 Å². The van der Waals surface area contributed by atoms with Crippen LogP contribution in [-0.2, 0) is 36.0 Å². The van der Waals surface area contributed by atoms with Crippen molar-refractivity contribution in [2.24, 2.45) is 13.0 Å². The van der Waals surface area contributed by atoms with E-state index in [0.717, 1.165) is 35.1 Å². The van der Waals surface area contributed by atoms with Crippen LogP contribution in [0.3, 0.4) is 0 Å². The van der Waals surface area contributed by atoms with Crippen molar-refractivity contribution < 1.29 is 23.5 Å². The first kappa shape index (κ1) is 25.4. The van der Waals surface area contributed by atoms with Gasteiger partial charge in [0.25, 0.3) is 0 Å². The molecule has 0 saturated heterocycles. The van der Waals surface area contributed by atoms with Crippen LogP contribution < -0.4 is 0 Å². The SMILES string of the molecule is COC(=O)c1cc(F)c2c(c1)nc(-c1cc3ccc4c(c3n1CC1CC1)CCN(C(=O)OC(C)(C)C)C4)n2C. The summed E-state index contributed by atoms with van der Waals surface area (Å²) >= 11 is 0. The molecule has 0 atom stereocenters. The summed E-state index contributed by atoms with van der Waals surface area (Å²) in [4.78, 5) is 31.4. The lowest BCUT2D eigenvalue weighted by Crippen LogP contribution is -2.40. The maximum Gasteiger partial charge on any atom is 0.410 e.